The molecular weight excluding hydrogens is 306 g/mol. The van der Waals surface area contributed by atoms with Crippen molar-refractivity contribution in [1.29, 1.82) is 0 Å². The average Bonchev–Trinajstić information content (AvgIpc) is 3.11. The number of carbonyl (C=O) groups is 1. The Morgan fingerprint density at radius 3 is 2.58 bits per heavy atom. The number of rotatable bonds is 5. The number of benzene rings is 2. The van der Waals surface area contributed by atoms with E-state index in [4.69, 9.17) is 5.11 Å². The predicted octanol–water partition coefficient (Wildman–Crippen LogP) is 3.10. The molecule has 0 spiro atoms. The maximum Gasteiger partial charge on any atom is 0.409 e. The van der Waals surface area contributed by atoms with Crippen LogP contribution in [0.3, 0.4) is 0 Å². The van der Waals surface area contributed by atoms with Crippen molar-refractivity contribution in [3.05, 3.63) is 83.9 Å². The van der Waals surface area contributed by atoms with Gasteiger partial charge in [-0.15, -0.1) is 0 Å². The van der Waals surface area contributed by atoms with Crippen LogP contribution in [-0.2, 0) is 6.61 Å². The summed E-state index contributed by atoms with van der Waals surface area (Å²) in [6.45, 7) is -0.255. The van der Waals surface area contributed by atoms with Gasteiger partial charge in [0.1, 0.15) is 0 Å². The first kappa shape index (κ1) is 15.8. The number of imidazole rings is 1. The smallest absolute Gasteiger partial charge is 0.409 e. The number of amides is 1. The molecule has 1 amide bonds. The van der Waals surface area contributed by atoms with Crippen LogP contribution in [0.5, 0.6) is 0 Å². The molecule has 1 heterocycles. The third-order valence-electron chi connectivity index (χ3n) is 3.80. The maximum atomic E-state index is 10.9. The van der Waals surface area contributed by atoms with E-state index in [-0.39, 0.29) is 12.6 Å². The number of hydrogen-bond acceptors (Lipinski definition) is 3. The fraction of sp³-hybridized carbons (Fsp3) is 0.111. The molecule has 3 rings (SSSR count). The Labute approximate surface area is 139 Å². The van der Waals surface area contributed by atoms with Crippen LogP contribution < -0.4 is 5.32 Å². The largest absolute Gasteiger partial charge is 0.465 e. The zero-order chi connectivity index (χ0) is 16.9. The summed E-state index contributed by atoms with van der Waals surface area (Å²) in [7, 11) is 0. The zero-order valence-electron chi connectivity index (χ0n) is 12.8. The number of aliphatic hydroxyl groups excluding tert-OH is 1. The van der Waals surface area contributed by atoms with E-state index in [9.17, 15) is 9.90 Å². The summed E-state index contributed by atoms with van der Waals surface area (Å²) in [4.78, 5) is 15.0. The fourth-order valence-electron chi connectivity index (χ4n) is 2.75. The minimum Gasteiger partial charge on any atom is -0.465 e. The van der Waals surface area contributed by atoms with E-state index >= 15 is 0 Å². The van der Waals surface area contributed by atoms with Gasteiger partial charge in [-0.25, -0.2) is 9.78 Å². The number of nitrogens with one attached hydrogen (secondary N) is 1. The van der Waals surface area contributed by atoms with E-state index in [0.29, 0.717) is 11.3 Å². The standard InChI is InChI=1S/C18H17N3O3/c22-11-15-10-14(6-7-16(15)20-18(23)24)17(21-9-8-19-12-21)13-4-2-1-3-5-13/h1-10,12,17,20,22H,11H2,(H,23,24). The van der Waals surface area contributed by atoms with Gasteiger partial charge in [0.2, 0.25) is 0 Å². The number of anilines is 1. The highest BCUT2D eigenvalue weighted by Gasteiger charge is 2.17. The topological polar surface area (TPSA) is 87.4 Å². The maximum absolute atomic E-state index is 10.9. The highest BCUT2D eigenvalue weighted by Crippen LogP contribution is 2.29. The first-order valence-electron chi connectivity index (χ1n) is 7.45. The Balaban J connectivity index is 2.07. The van der Waals surface area contributed by atoms with E-state index in [0.717, 1.165) is 11.1 Å². The van der Waals surface area contributed by atoms with E-state index in [1.807, 2.05) is 53.2 Å². The highest BCUT2D eigenvalue weighted by molar-refractivity contribution is 5.84. The van der Waals surface area contributed by atoms with Crippen molar-refractivity contribution in [3.63, 3.8) is 0 Å². The molecule has 0 saturated heterocycles. The number of nitrogens with zero attached hydrogens (tertiary/aromatic N) is 2. The Hall–Kier alpha value is -3.12. The fourth-order valence-corrected chi connectivity index (χ4v) is 2.75. The number of hydrogen-bond donors (Lipinski definition) is 3. The molecule has 122 valence electrons. The summed E-state index contributed by atoms with van der Waals surface area (Å²) in [6.07, 6.45) is 4.16. The number of aromatic nitrogens is 2. The van der Waals surface area contributed by atoms with Crippen molar-refractivity contribution in [2.45, 2.75) is 12.6 Å². The molecule has 0 radical (unpaired) electrons. The molecule has 0 aliphatic heterocycles. The SMILES string of the molecule is O=C(O)Nc1ccc(C(c2ccccc2)n2ccnc2)cc1CO. The lowest BCUT2D eigenvalue weighted by atomic mass is 9.96. The Kier molecular flexibility index (Phi) is 4.58. The second-order valence-electron chi connectivity index (χ2n) is 5.33. The first-order valence-corrected chi connectivity index (χ1v) is 7.45. The van der Waals surface area contributed by atoms with Gasteiger partial charge >= 0.3 is 6.09 Å². The lowest BCUT2D eigenvalue weighted by Gasteiger charge is -2.21. The van der Waals surface area contributed by atoms with Gasteiger partial charge in [0.25, 0.3) is 0 Å². The molecule has 0 aliphatic carbocycles. The molecule has 0 bridgehead atoms. The van der Waals surface area contributed by atoms with Crippen LogP contribution in [0.2, 0.25) is 0 Å². The molecule has 1 atom stereocenters. The third-order valence-corrected chi connectivity index (χ3v) is 3.80. The summed E-state index contributed by atoms with van der Waals surface area (Å²) in [6, 6.07) is 15.1. The monoisotopic (exact) mass is 323 g/mol. The lowest BCUT2D eigenvalue weighted by molar-refractivity contribution is 0.209. The van der Waals surface area contributed by atoms with Gasteiger partial charge < -0.3 is 14.8 Å². The molecule has 24 heavy (non-hydrogen) atoms. The van der Waals surface area contributed by atoms with Crippen LogP contribution in [-0.4, -0.2) is 25.9 Å². The molecule has 0 fully saturated rings. The van der Waals surface area contributed by atoms with Crippen molar-refractivity contribution in [3.8, 4) is 0 Å². The summed E-state index contributed by atoms with van der Waals surface area (Å²) in [5.74, 6) is 0. The van der Waals surface area contributed by atoms with Crippen molar-refractivity contribution >= 4 is 11.8 Å². The summed E-state index contributed by atoms with van der Waals surface area (Å²) in [5, 5.41) is 20.8. The summed E-state index contributed by atoms with van der Waals surface area (Å²) in [5.41, 5.74) is 2.90. The Bertz CT molecular complexity index is 817. The van der Waals surface area contributed by atoms with E-state index < -0.39 is 6.09 Å². The molecule has 6 heteroatoms. The number of aliphatic hydroxyl groups is 1. The van der Waals surface area contributed by atoms with Gasteiger partial charge in [-0.3, -0.25) is 5.32 Å². The number of carboxylic acid groups (broad SMARTS) is 1. The second-order valence-corrected chi connectivity index (χ2v) is 5.33. The third kappa shape index (κ3) is 3.28. The minimum absolute atomic E-state index is 0.113. The normalized spacial score (nSPS) is 11.9. The van der Waals surface area contributed by atoms with Crippen LogP contribution in [0.15, 0.2) is 67.3 Å². The van der Waals surface area contributed by atoms with E-state index in [1.165, 1.54) is 0 Å². The van der Waals surface area contributed by atoms with Crippen LogP contribution in [0.1, 0.15) is 22.7 Å². The molecule has 1 aromatic heterocycles. The summed E-state index contributed by atoms with van der Waals surface area (Å²) >= 11 is 0. The lowest BCUT2D eigenvalue weighted by Crippen LogP contribution is -2.13. The van der Waals surface area contributed by atoms with Crippen molar-refractivity contribution < 1.29 is 15.0 Å². The van der Waals surface area contributed by atoms with Gasteiger partial charge in [-0.1, -0.05) is 36.4 Å². The molecule has 0 aliphatic rings. The Morgan fingerprint density at radius 2 is 1.96 bits per heavy atom. The zero-order valence-corrected chi connectivity index (χ0v) is 12.8. The molecule has 3 aromatic rings. The predicted molar refractivity (Wildman–Crippen MR) is 89.9 cm³/mol. The summed E-state index contributed by atoms with van der Waals surface area (Å²) < 4.78 is 1.97. The Morgan fingerprint density at radius 1 is 1.17 bits per heavy atom. The average molecular weight is 323 g/mol. The molecule has 2 aromatic carbocycles. The second kappa shape index (κ2) is 6.97. The molecular formula is C18H17N3O3. The quantitative estimate of drug-likeness (QED) is 0.673. The van der Waals surface area contributed by atoms with E-state index in [1.54, 1.807) is 18.6 Å². The molecule has 3 N–H and O–H groups in total. The van der Waals surface area contributed by atoms with Gasteiger partial charge in [0.15, 0.2) is 0 Å². The van der Waals surface area contributed by atoms with E-state index in [2.05, 4.69) is 10.3 Å². The van der Waals surface area contributed by atoms with Crippen molar-refractivity contribution in [2.75, 3.05) is 5.32 Å². The molecule has 0 saturated carbocycles. The van der Waals surface area contributed by atoms with Crippen LogP contribution in [0.25, 0.3) is 0 Å². The minimum atomic E-state index is -1.16. The van der Waals surface area contributed by atoms with Crippen LogP contribution in [0.4, 0.5) is 10.5 Å². The highest BCUT2D eigenvalue weighted by atomic mass is 16.4. The van der Waals surface area contributed by atoms with Crippen LogP contribution >= 0.6 is 0 Å². The van der Waals surface area contributed by atoms with Gasteiger partial charge in [0.05, 0.1) is 19.0 Å². The molecule has 6 nitrogen and oxygen atoms in total. The van der Waals surface area contributed by atoms with Crippen molar-refractivity contribution in [1.82, 2.24) is 9.55 Å². The van der Waals surface area contributed by atoms with Gasteiger partial charge in [0, 0.05) is 23.6 Å². The van der Waals surface area contributed by atoms with Gasteiger partial charge in [-0.2, -0.15) is 0 Å². The molecule has 1 unspecified atom stereocenters. The van der Waals surface area contributed by atoms with Gasteiger partial charge in [-0.05, 0) is 23.3 Å². The first-order chi connectivity index (χ1) is 11.7. The van der Waals surface area contributed by atoms with Crippen molar-refractivity contribution in [2.24, 2.45) is 0 Å². The van der Waals surface area contributed by atoms with Crippen LogP contribution in [0, 0.1) is 0 Å².